The Hall–Kier alpha value is -3.31. The van der Waals surface area contributed by atoms with Crippen LogP contribution < -0.4 is 10.1 Å². The summed E-state index contributed by atoms with van der Waals surface area (Å²) in [4.78, 5) is 27.9. The molecule has 0 spiro atoms. The summed E-state index contributed by atoms with van der Waals surface area (Å²) < 4.78 is 39.1. The van der Waals surface area contributed by atoms with Crippen molar-refractivity contribution < 1.29 is 33.0 Å². The van der Waals surface area contributed by atoms with Gasteiger partial charge in [0.15, 0.2) is 0 Å². The molecule has 0 aromatic carbocycles. The lowest BCUT2D eigenvalue weighted by atomic mass is 9.87. The first-order valence-electron chi connectivity index (χ1n) is 11.5. The van der Waals surface area contributed by atoms with Gasteiger partial charge in [0.05, 0.1) is 41.1 Å². The lowest BCUT2D eigenvalue weighted by Crippen LogP contribution is -2.29. The van der Waals surface area contributed by atoms with Gasteiger partial charge in [-0.3, -0.25) is 4.79 Å². The van der Waals surface area contributed by atoms with E-state index in [-0.39, 0.29) is 25.7 Å². The Kier molecular flexibility index (Phi) is 6.65. The molecule has 2 fully saturated rings. The number of halogens is 2. The largest absolute Gasteiger partial charge is 0.489 e. The topological polar surface area (TPSA) is 128 Å². The molecule has 2 aliphatic carbocycles. The van der Waals surface area contributed by atoms with Crippen LogP contribution in [0, 0.1) is 18.3 Å². The van der Waals surface area contributed by atoms with Gasteiger partial charge in [-0.25, -0.2) is 23.2 Å². The third-order valence-electron chi connectivity index (χ3n) is 6.78. The van der Waals surface area contributed by atoms with Gasteiger partial charge in [-0.05, 0) is 44.7 Å². The standard InChI is InChI=1S/C23H29F2N5O5/c1-13-18(35-15-6-4-5-14(9-15)20(31)32)8-7-16(27-13)19-17(30(3)29-28-19)10-26-21(33)34-12-22(2)11-23(22,24)25/h7-8,14-15H,4-6,9-12H2,1-3H3,(H,26,33)(H,31,32)/t14-,15-,22?/m0/s1. The third-order valence-corrected chi connectivity index (χ3v) is 6.78. The van der Waals surface area contributed by atoms with Crippen molar-refractivity contribution in [1.29, 1.82) is 0 Å². The molecule has 2 N–H and O–H groups in total. The number of ether oxygens (including phenoxy) is 2. The summed E-state index contributed by atoms with van der Waals surface area (Å²) in [5, 5.41) is 20.0. The van der Waals surface area contributed by atoms with Crippen molar-refractivity contribution >= 4 is 12.1 Å². The zero-order valence-electron chi connectivity index (χ0n) is 19.9. The van der Waals surface area contributed by atoms with Gasteiger partial charge in [-0.2, -0.15) is 0 Å². The van der Waals surface area contributed by atoms with Crippen LogP contribution in [0.2, 0.25) is 0 Å². The van der Waals surface area contributed by atoms with E-state index in [0.29, 0.717) is 41.4 Å². The minimum atomic E-state index is -2.80. The Morgan fingerprint density at radius 3 is 2.71 bits per heavy atom. The minimum absolute atomic E-state index is 0.0163. The summed E-state index contributed by atoms with van der Waals surface area (Å²) in [6, 6.07) is 3.49. The molecule has 2 aromatic rings. The fraction of sp³-hybridized carbons (Fsp3) is 0.609. The number of aromatic nitrogens is 4. The molecule has 0 aliphatic heterocycles. The number of carboxylic acids is 1. The SMILES string of the molecule is Cc1nc(-c2nnn(C)c2CNC(=O)OCC2(C)CC2(F)F)ccc1O[C@H]1CCC[C@H](C(=O)O)C1. The van der Waals surface area contributed by atoms with E-state index < -0.39 is 29.3 Å². The molecule has 0 radical (unpaired) electrons. The Balaban J connectivity index is 1.38. The second-order valence-electron chi connectivity index (χ2n) is 9.60. The number of alkyl carbamates (subject to hydrolysis) is 1. The molecule has 10 nitrogen and oxygen atoms in total. The van der Waals surface area contributed by atoms with Crippen molar-refractivity contribution in [1.82, 2.24) is 25.3 Å². The monoisotopic (exact) mass is 493 g/mol. The average molecular weight is 494 g/mol. The summed E-state index contributed by atoms with van der Waals surface area (Å²) in [7, 11) is 1.66. The van der Waals surface area contributed by atoms with Crippen molar-refractivity contribution in [2.45, 2.75) is 64.5 Å². The molecule has 1 unspecified atom stereocenters. The van der Waals surface area contributed by atoms with Crippen LogP contribution in [0.1, 0.15) is 50.4 Å². The summed E-state index contributed by atoms with van der Waals surface area (Å²) >= 11 is 0. The van der Waals surface area contributed by atoms with Crippen molar-refractivity contribution in [2.75, 3.05) is 6.61 Å². The van der Waals surface area contributed by atoms with Gasteiger partial charge in [-0.1, -0.05) is 12.1 Å². The van der Waals surface area contributed by atoms with Crippen molar-refractivity contribution in [2.24, 2.45) is 18.4 Å². The zero-order chi connectivity index (χ0) is 25.4. The number of pyridine rings is 1. The van der Waals surface area contributed by atoms with E-state index in [2.05, 4.69) is 20.6 Å². The van der Waals surface area contributed by atoms with E-state index in [0.717, 1.165) is 12.8 Å². The van der Waals surface area contributed by atoms with Crippen LogP contribution in [0.3, 0.4) is 0 Å². The summed E-state index contributed by atoms with van der Waals surface area (Å²) in [6.07, 6.45) is 1.42. The number of aryl methyl sites for hydroxylation is 2. The molecule has 2 saturated carbocycles. The van der Waals surface area contributed by atoms with Crippen molar-refractivity contribution in [3.63, 3.8) is 0 Å². The molecule has 35 heavy (non-hydrogen) atoms. The Bertz CT molecular complexity index is 1120. The van der Waals surface area contributed by atoms with Crippen LogP contribution >= 0.6 is 0 Å². The van der Waals surface area contributed by atoms with E-state index in [4.69, 9.17) is 9.47 Å². The van der Waals surface area contributed by atoms with E-state index >= 15 is 0 Å². The highest BCUT2D eigenvalue weighted by Crippen LogP contribution is 2.60. The Labute approximate surface area is 201 Å². The number of rotatable bonds is 8. The maximum absolute atomic E-state index is 13.3. The smallest absolute Gasteiger partial charge is 0.407 e. The molecule has 3 atom stereocenters. The summed E-state index contributed by atoms with van der Waals surface area (Å²) in [5.41, 5.74) is 0.836. The number of alkyl halides is 2. The predicted molar refractivity (Wildman–Crippen MR) is 119 cm³/mol. The van der Waals surface area contributed by atoms with Crippen LogP contribution in [0.5, 0.6) is 5.75 Å². The summed E-state index contributed by atoms with van der Waals surface area (Å²) in [6.45, 7) is 2.82. The molecule has 2 aromatic heterocycles. The molecule has 0 saturated heterocycles. The van der Waals surface area contributed by atoms with Gasteiger partial charge in [0.25, 0.3) is 5.92 Å². The fourth-order valence-electron chi connectivity index (χ4n) is 4.27. The summed E-state index contributed by atoms with van der Waals surface area (Å²) in [5.74, 6) is -3.43. The number of carbonyl (C=O) groups is 2. The third kappa shape index (κ3) is 5.35. The first-order valence-corrected chi connectivity index (χ1v) is 11.5. The maximum atomic E-state index is 13.3. The maximum Gasteiger partial charge on any atom is 0.407 e. The van der Waals surface area contributed by atoms with Gasteiger partial charge < -0.3 is 19.9 Å². The number of nitrogens with one attached hydrogen (secondary N) is 1. The van der Waals surface area contributed by atoms with Gasteiger partial charge in [0.1, 0.15) is 18.1 Å². The Morgan fingerprint density at radius 1 is 1.31 bits per heavy atom. The minimum Gasteiger partial charge on any atom is -0.489 e. The average Bonchev–Trinajstić information content (AvgIpc) is 3.10. The lowest BCUT2D eigenvalue weighted by molar-refractivity contribution is -0.143. The van der Waals surface area contributed by atoms with E-state index in [9.17, 15) is 23.5 Å². The Morgan fingerprint density at radius 2 is 2.06 bits per heavy atom. The molecule has 1 amide bonds. The number of hydrogen-bond acceptors (Lipinski definition) is 7. The lowest BCUT2D eigenvalue weighted by Gasteiger charge is -2.27. The highest BCUT2D eigenvalue weighted by Gasteiger charge is 2.68. The quantitative estimate of drug-likeness (QED) is 0.572. The van der Waals surface area contributed by atoms with Crippen LogP contribution in [-0.2, 0) is 23.1 Å². The molecule has 4 rings (SSSR count). The van der Waals surface area contributed by atoms with Crippen LogP contribution in [0.25, 0.3) is 11.4 Å². The fourth-order valence-corrected chi connectivity index (χ4v) is 4.27. The van der Waals surface area contributed by atoms with Crippen molar-refractivity contribution in [3.05, 3.63) is 23.5 Å². The van der Waals surface area contributed by atoms with Crippen LogP contribution in [0.15, 0.2) is 12.1 Å². The van der Waals surface area contributed by atoms with Gasteiger partial charge in [0.2, 0.25) is 0 Å². The number of carboxylic acid groups (broad SMARTS) is 1. The highest BCUT2D eigenvalue weighted by molar-refractivity contribution is 5.70. The molecule has 190 valence electrons. The van der Waals surface area contributed by atoms with Gasteiger partial charge in [0, 0.05) is 13.5 Å². The van der Waals surface area contributed by atoms with E-state index in [1.807, 2.05) is 0 Å². The molecule has 12 heteroatoms. The highest BCUT2D eigenvalue weighted by atomic mass is 19.3. The first-order chi connectivity index (χ1) is 16.5. The predicted octanol–water partition coefficient (Wildman–Crippen LogP) is 3.48. The molecule has 2 aliphatic rings. The molecular weight excluding hydrogens is 464 g/mol. The van der Waals surface area contributed by atoms with Crippen LogP contribution in [0.4, 0.5) is 13.6 Å². The first kappa shape index (κ1) is 24.8. The molecular formula is C23H29F2N5O5. The molecule has 2 heterocycles. The van der Waals surface area contributed by atoms with Crippen molar-refractivity contribution in [3.8, 4) is 17.1 Å². The molecule has 0 bridgehead atoms. The number of carbonyl (C=O) groups excluding carboxylic acids is 1. The number of aliphatic carboxylic acids is 1. The second-order valence-corrected chi connectivity index (χ2v) is 9.60. The van der Waals surface area contributed by atoms with E-state index in [1.54, 1.807) is 26.1 Å². The normalized spacial score (nSPS) is 25.1. The van der Waals surface area contributed by atoms with Crippen LogP contribution in [-0.4, -0.2) is 55.8 Å². The zero-order valence-corrected chi connectivity index (χ0v) is 19.9. The number of nitrogens with zero attached hydrogens (tertiary/aromatic N) is 4. The van der Waals surface area contributed by atoms with Gasteiger partial charge >= 0.3 is 12.1 Å². The number of amides is 1. The second kappa shape index (κ2) is 9.38. The van der Waals surface area contributed by atoms with Gasteiger partial charge in [-0.15, -0.1) is 5.10 Å². The van der Waals surface area contributed by atoms with E-state index in [1.165, 1.54) is 11.6 Å². The number of hydrogen-bond donors (Lipinski definition) is 2.